The lowest BCUT2D eigenvalue weighted by Gasteiger charge is -2.33. The predicted molar refractivity (Wildman–Crippen MR) is 127 cm³/mol. The third kappa shape index (κ3) is 14.2. The highest BCUT2D eigenvalue weighted by atomic mass is 16.3. The van der Waals surface area contributed by atoms with Gasteiger partial charge in [-0.25, -0.2) is 0 Å². The van der Waals surface area contributed by atoms with Crippen LogP contribution in [0.15, 0.2) is 0 Å². The van der Waals surface area contributed by atoms with Crippen LogP contribution in [0, 0.1) is 0 Å². The number of β-amino-alcohol motifs (C(OH)–C–C–N with tert-alkyl or cyclic N) is 4. The van der Waals surface area contributed by atoms with Crippen LogP contribution in [0.4, 0.5) is 0 Å². The fraction of sp³-hybridized carbons (Fsp3) is 1.00. The average molecular weight is 497 g/mol. The van der Waals surface area contributed by atoms with Gasteiger partial charge in [-0.15, -0.1) is 0 Å². The number of aliphatic hydroxyl groups excluding tert-OH is 8. The van der Waals surface area contributed by atoms with Crippen LogP contribution >= 0.6 is 0 Å². The van der Waals surface area contributed by atoms with Crippen LogP contribution in [-0.2, 0) is 0 Å². The van der Waals surface area contributed by atoms with Gasteiger partial charge < -0.3 is 40.9 Å². The summed E-state index contributed by atoms with van der Waals surface area (Å²) >= 11 is 0. The van der Waals surface area contributed by atoms with Crippen molar-refractivity contribution in [2.75, 3.05) is 105 Å². The van der Waals surface area contributed by atoms with Crippen molar-refractivity contribution < 1.29 is 40.9 Å². The molecule has 34 heavy (non-hydrogen) atoms. The molecule has 0 saturated carbocycles. The van der Waals surface area contributed by atoms with Gasteiger partial charge in [0.05, 0.1) is 50.8 Å². The fourth-order valence-corrected chi connectivity index (χ4v) is 4.20. The minimum absolute atomic E-state index is 0.318. The van der Waals surface area contributed by atoms with Crippen molar-refractivity contribution in [2.24, 2.45) is 0 Å². The maximum atomic E-state index is 9.96. The number of hydrogen-bond acceptors (Lipinski definition) is 12. The molecule has 12 nitrogen and oxygen atoms in total. The smallest absolute Gasteiger partial charge is 0.0897 e. The third-order valence-corrected chi connectivity index (χ3v) is 6.08. The quantitative estimate of drug-likeness (QED) is 0.130. The topological polar surface area (TPSA) is 175 Å². The maximum absolute atomic E-state index is 9.96. The van der Waals surface area contributed by atoms with E-state index in [0.717, 1.165) is 12.8 Å². The van der Waals surface area contributed by atoms with E-state index >= 15 is 0 Å². The molecule has 0 bridgehead atoms. The van der Waals surface area contributed by atoms with Crippen LogP contribution in [0.2, 0.25) is 0 Å². The molecule has 0 aromatic rings. The second-order valence-electron chi connectivity index (χ2n) is 9.26. The molecule has 1 heterocycles. The van der Waals surface area contributed by atoms with E-state index in [1.807, 2.05) is 0 Å². The summed E-state index contributed by atoms with van der Waals surface area (Å²) in [6, 6.07) is 0. The molecule has 1 saturated heterocycles. The predicted octanol–water partition coefficient (Wildman–Crippen LogP) is -4.60. The summed E-state index contributed by atoms with van der Waals surface area (Å²) in [6.07, 6.45) is -1.92. The Morgan fingerprint density at radius 2 is 0.588 bits per heavy atom. The molecule has 204 valence electrons. The van der Waals surface area contributed by atoms with Crippen molar-refractivity contribution in [1.29, 1.82) is 0 Å². The van der Waals surface area contributed by atoms with Crippen LogP contribution in [0.1, 0.15) is 12.8 Å². The van der Waals surface area contributed by atoms with Crippen molar-refractivity contribution in [2.45, 2.75) is 37.3 Å². The molecular formula is C22H48N4O8. The van der Waals surface area contributed by atoms with Gasteiger partial charge in [0.15, 0.2) is 0 Å². The Kier molecular flexibility index (Phi) is 17.4. The zero-order chi connectivity index (χ0) is 25.3. The third-order valence-electron chi connectivity index (χ3n) is 6.08. The highest BCUT2D eigenvalue weighted by Gasteiger charge is 2.19. The van der Waals surface area contributed by atoms with Gasteiger partial charge in [0.1, 0.15) is 0 Å². The molecular weight excluding hydrogens is 448 g/mol. The Morgan fingerprint density at radius 3 is 0.765 bits per heavy atom. The molecule has 1 aliphatic heterocycles. The van der Waals surface area contributed by atoms with Crippen LogP contribution in [-0.4, -0.2) is 190 Å². The first-order valence-electron chi connectivity index (χ1n) is 12.4. The Bertz CT molecular complexity index is 414. The Labute approximate surface area is 203 Å². The van der Waals surface area contributed by atoms with Gasteiger partial charge in [-0.2, -0.15) is 0 Å². The summed E-state index contributed by atoms with van der Waals surface area (Å²) in [5.41, 5.74) is 0. The minimum Gasteiger partial charge on any atom is -0.394 e. The summed E-state index contributed by atoms with van der Waals surface area (Å²) in [4.78, 5) is 8.26. The molecule has 0 aliphatic carbocycles. The van der Waals surface area contributed by atoms with Crippen molar-refractivity contribution in [3.05, 3.63) is 0 Å². The van der Waals surface area contributed by atoms with Crippen LogP contribution < -0.4 is 0 Å². The normalized spacial score (nSPS) is 23.3. The first kappa shape index (κ1) is 31.5. The van der Waals surface area contributed by atoms with Gasteiger partial charge in [-0.1, -0.05) is 0 Å². The van der Waals surface area contributed by atoms with Gasteiger partial charge in [-0.05, 0) is 39.0 Å². The summed E-state index contributed by atoms with van der Waals surface area (Å²) in [5.74, 6) is 0. The molecule has 1 rings (SSSR count). The highest BCUT2D eigenvalue weighted by Crippen LogP contribution is 2.06. The monoisotopic (exact) mass is 496 g/mol. The number of aliphatic hydroxyl groups is 8. The molecule has 0 aromatic carbocycles. The van der Waals surface area contributed by atoms with Crippen LogP contribution in [0.3, 0.4) is 0 Å². The lowest BCUT2D eigenvalue weighted by molar-refractivity contribution is 0.0297. The molecule has 4 unspecified atom stereocenters. The van der Waals surface area contributed by atoms with Gasteiger partial charge in [0.2, 0.25) is 0 Å². The van der Waals surface area contributed by atoms with Crippen molar-refractivity contribution in [1.82, 2.24) is 19.6 Å². The summed E-state index contributed by atoms with van der Waals surface area (Å²) in [6.45, 7) is 5.06. The van der Waals surface area contributed by atoms with Gasteiger partial charge in [-0.3, -0.25) is 19.6 Å². The first-order chi connectivity index (χ1) is 16.3. The second kappa shape index (κ2) is 18.7. The second-order valence-corrected chi connectivity index (χ2v) is 9.26. The number of rotatable bonds is 12. The van der Waals surface area contributed by atoms with E-state index in [2.05, 4.69) is 19.6 Å². The van der Waals surface area contributed by atoms with Crippen LogP contribution in [0.25, 0.3) is 0 Å². The maximum Gasteiger partial charge on any atom is 0.0897 e. The molecule has 0 aromatic heterocycles. The van der Waals surface area contributed by atoms with Gasteiger partial charge in [0, 0.05) is 52.4 Å². The largest absolute Gasteiger partial charge is 0.394 e. The SMILES string of the molecule is OCC(O)CN1CCCN(CC(O)CO)CCN(CC(O)CO)CCCN(CC(O)CO)CC1. The van der Waals surface area contributed by atoms with Gasteiger partial charge >= 0.3 is 0 Å². The highest BCUT2D eigenvalue weighted by molar-refractivity contribution is 4.75. The number of nitrogens with zero attached hydrogens (tertiary/aromatic N) is 4. The molecule has 1 fully saturated rings. The van der Waals surface area contributed by atoms with E-state index in [-0.39, 0.29) is 26.4 Å². The Balaban J connectivity index is 2.92. The molecule has 12 heteroatoms. The molecule has 0 radical (unpaired) electrons. The summed E-state index contributed by atoms with van der Waals surface area (Å²) < 4.78 is 0. The molecule has 0 amide bonds. The van der Waals surface area contributed by atoms with E-state index in [9.17, 15) is 40.9 Å². The lowest BCUT2D eigenvalue weighted by atomic mass is 10.2. The molecule has 8 N–H and O–H groups in total. The zero-order valence-electron chi connectivity index (χ0n) is 20.4. The first-order valence-corrected chi connectivity index (χ1v) is 12.4. The van der Waals surface area contributed by atoms with Crippen molar-refractivity contribution in [3.8, 4) is 0 Å². The van der Waals surface area contributed by atoms with E-state index in [1.54, 1.807) is 0 Å². The van der Waals surface area contributed by atoms with E-state index in [0.29, 0.717) is 78.5 Å². The van der Waals surface area contributed by atoms with E-state index in [4.69, 9.17) is 0 Å². The molecule has 0 spiro atoms. The van der Waals surface area contributed by atoms with E-state index < -0.39 is 24.4 Å². The van der Waals surface area contributed by atoms with Crippen molar-refractivity contribution >= 4 is 0 Å². The molecule has 4 atom stereocenters. The average Bonchev–Trinajstić information content (AvgIpc) is 2.83. The van der Waals surface area contributed by atoms with Gasteiger partial charge in [0.25, 0.3) is 0 Å². The van der Waals surface area contributed by atoms with E-state index in [1.165, 1.54) is 0 Å². The van der Waals surface area contributed by atoms with Crippen molar-refractivity contribution in [3.63, 3.8) is 0 Å². The molecule has 1 aliphatic rings. The fourth-order valence-electron chi connectivity index (χ4n) is 4.20. The standard InChI is InChI=1S/C22H48N4O8/c27-15-19(31)11-23-3-1-4-24(12-20(32)16-28)8-10-26(14-22(34)18-30)6-2-5-25(9-7-23)13-21(33)17-29/h19-22,27-34H,1-18H2. The Hall–Kier alpha value is -0.480. The Morgan fingerprint density at radius 1 is 0.382 bits per heavy atom. The minimum atomic E-state index is -0.853. The van der Waals surface area contributed by atoms with Crippen LogP contribution in [0.5, 0.6) is 0 Å². The summed E-state index contributed by atoms with van der Waals surface area (Å²) in [5, 5.41) is 76.9. The number of hydrogen-bond donors (Lipinski definition) is 8. The summed E-state index contributed by atoms with van der Waals surface area (Å²) in [7, 11) is 0. The zero-order valence-corrected chi connectivity index (χ0v) is 20.4. The lowest BCUT2D eigenvalue weighted by Crippen LogP contribution is -2.46.